The molecule has 0 spiro atoms. The highest BCUT2D eigenvalue weighted by molar-refractivity contribution is 7.89. The molecule has 0 saturated carbocycles. The Bertz CT molecular complexity index is 987. The summed E-state index contributed by atoms with van der Waals surface area (Å²) in [6.07, 6.45) is 1.87. The summed E-state index contributed by atoms with van der Waals surface area (Å²) in [5.74, 6) is 0.628. The number of rotatable bonds is 5. The van der Waals surface area contributed by atoms with Crippen molar-refractivity contribution in [3.05, 3.63) is 52.7 Å². The minimum Gasteiger partial charge on any atom is -0.353 e. The zero-order chi connectivity index (χ0) is 21.2. The summed E-state index contributed by atoms with van der Waals surface area (Å²) in [7, 11) is 0.0228. The fourth-order valence-corrected chi connectivity index (χ4v) is 4.31. The lowest BCUT2D eigenvalue weighted by Gasteiger charge is -2.35. The Hall–Kier alpha value is -2.20. The summed E-state index contributed by atoms with van der Waals surface area (Å²) in [6, 6.07) is 8.17. The number of carbonyl (C=O) groups is 1. The molecule has 1 fully saturated rings. The summed E-state index contributed by atoms with van der Waals surface area (Å²) in [5.41, 5.74) is 1.39. The van der Waals surface area contributed by atoms with Gasteiger partial charge in [-0.2, -0.15) is 0 Å². The van der Waals surface area contributed by atoms with Crippen LogP contribution in [0.25, 0.3) is 0 Å². The van der Waals surface area contributed by atoms with E-state index in [2.05, 4.69) is 20.9 Å². The van der Waals surface area contributed by atoms with Gasteiger partial charge in [0.1, 0.15) is 10.7 Å². The Kier molecular flexibility index (Phi) is 6.42. The Balaban J connectivity index is 1.65. The molecule has 0 bridgehead atoms. The van der Waals surface area contributed by atoms with Crippen molar-refractivity contribution in [3.8, 4) is 0 Å². The molecule has 1 saturated heterocycles. The van der Waals surface area contributed by atoms with Gasteiger partial charge in [0, 0.05) is 44.5 Å². The van der Waals surface area contributed by atoms with E-state index in [1.807, 2.05) is 26.4 Å². The smallest absolute Gasteiger partial charge is 0.254 e. The van der Waals surface area contributed by atoms with Crippen molar-refractivity contribution in [2.24, 2.45) is 5.14 Å². The van der Waals surface area contributed by atoms with Gasteiger partial charge >= 0.3 is 0 Å². The van der Waals surface area contributed by atoms with E-state index in [0.29, 0.717) is 26.2 Å². The Morgan fingerprint density at radius 1 is 1.17 bits per heavy atom. The molecule has 0 aliphatic carbocycles. The van der Waals surface area contributed by atoms with E-state index >= 15 is 0 Å². The van der Waals surface area contributed by atoms with E-state index in [9.17, 15) is 13.2 Å². The highest BCUT2D eigenvalue weighted by Crippen LogP contribution is 2.23. The van der Waals surface area contributed by atoms with Gasteiger partial charge in [-0.1, -0.05) is 17.7 Å². The average Bonchev–Trinajstić information content (AvgIpc) is 2.67. The van der Waals surface area contributed by atoms with Crippen LogP contribution in [0.5, 0.6) is 0 Å². The number of halogens is 1. The zero-order valence-electron chi connectivity index (χ0n) is 16.4. The predicted molar refractivity (Wildman–Crippen MR) is 113 cm³/mol. The number of nitrogens with two attached hydrogens (primary N) is 1. The number of hydrogen-bond donors (Lipinski definition) is 1. The lowest BCUT2D eigenvalue weighted by Crippen LogP contribution is -2.49. The Morgan fingerprint density at radius 3 is 2.41 bits per heavy atom. The van der Waals surface area contributed by atoms with Gasteiger partial charge in [-0.15, -0.1) is 0 Å². The van der Waals surface area contributed by atoms with Crippen molar-refractivity contribution < 1.29 is 13.2 Å². The molecular weight excluding hydrogens is 414 g/mol. The second kappa shape index (κ2) is 8.66. The normalized spacial score (nSPS) is 15.1. The molecule has 156 valence electrons. The number of piperazine rings is 1. The maximum Gasteiger partial charge on any atom is 0.254 e. The van der Waals surface area contributed by atoms with Crippen LogP contribution in [0, 0.1) is 0 Å². The van der Waals surface area contributed by atoms with Gasteiger partial charge in [0.05, 0.1) is 5.02 Å². The van der Waals surface area contributed by atoms with Crippen molar-refractivity contribution in [3.63, 3.8) is 0 Å². The average molecular weight is 438 g/mol. The molecule has 0 atom stereocenters. The van der Waals surface area contributed by atoms with Crippen LogP contribution < -0.4 is 10.0 Å². The summed E-state index contributed by atoms with van der Waals surface area (Å²) in [6.45, 7) is 3.13. The van der Waals surface area contributed by atoms with Crippen LogP contribution in [-0.4, -0.2) is 69.4 Å². The third kappa shape index (κ3) is 5.24. The molecular formula is C19H24ClN5O3S. The van der Waals surface area contributed by atoms with E-state index in [-0.39, 0.29) is 21.4 Å². The van der Waals surface area contributed by atoms with Gasteiger partial charge in [-0.05, 0) is 43.9 Å². The SMILES string of the molecule is CN(C)Cc1ccc(N2CCN(C(=O)c3ccc(Cl)c(S(N)(=O)=O)c3)CC2)nc1. The third-order valence-electron chi connectivity index (χ3n) is 4.68. The van der Waals surface area contributed by atoms with Crippen molar-refractivity contribution in [1.29, 1.82) is 0 Å². The van der Waals surface area contributed by atoms with Crippen LogP contribution in [0.1, 0.15) is 15.9 Å². The van der Waals surface area contributed by atoms with Gasteiger partial charge < -0.3 is 14.7 Å². The zero-order valence-corrected chi connectivity index (χ0v) is 17.9. The first kappa shape index (κ1) is 21.5. The van der Waals surface area contributed by atoms with Crippen molar-refractivity contribution in [1.82, 2.24) is 14.8 Å². The second-order valence-corrected chi connectivity index (χ2v) is 9.17. The fraction of sp³-hybridized carbons (Fsp3) is 0.368. The number of nitrogens with zero attached hydrogens (tertiary/aromatic N) is 4. The summed E-state index contributed by atoms with van der Waals surface area (Å²) in [4.78, 5) is 23.0. The summed E-state index contributed by atoms with van der Waals surface area (Å²) < 4.78 is 23.3. The van der Waals surface area contributed by atoms with E-state index in [4.69, 9.17) is 16.7 Å². The van der Waals surface area contributed by atoms with Gasteiger partial charge in [0.15, 0.2) is 0 Å². The molecule has 2 heterocycles. The van der Waals surface area contributed by atoms with Crippen LogP contribution in [0.2, 0.25) is 5.02 Å². The first-order valence-electron chi connectivity index (χ1n) is 9.11. The van der Waals surface area contributed by atoms with Crippen molar-refractivity contribution in [2.45, 2.75) is 11.4 Å². The lowest BCUT2D eigenvalue weighted by molar-refractivity contribution is 0.0746. The molecule has 1 aliphatic heterocycles. The molecule has 10 heteroatoms. The first-order chi connectivity index (χ1) is 13.6. The monoisotopic (exact) mass is 437 g/mol. The highest BCUT2D eigenvalue weighted by Gasteiger charge is 2.24. The molecule has 0 radical (unpaired) electrons. The quantitative estimate of drug-likeness (QED) is 0.759. The van der Waals surface area contributed by atoms with Gasteiger partial charge in [-0.3, -0.25) is 4.79 Å². The van der Waals surface area contributed by atoms with E-state index < -0.39 is 10.0 Å². The molecule has 0 unspecified atom stereocenters. The van der Waals surface area contributed by atoms with Gasteiger partial charge in [-0.25, -0.2) is 18.5 Å². The molecule has 1 amide bonds. The number of anilines is 1. The number of primary sulfonamides is 1. The predicted octanol–water partition coefficient (Wildman–Crippen LogP) is 1.41. The first-order valence-corrected chi connectivity index (χ1v) is 11.0. The maximum atomic E-state index is 12.8. The minimum absolute atomic E-state index is 0.00217. The van der Waals surface area contributed by atoms with Crippen molar-refractivity contribution in [2.75, 3.05) is 45.2 Å². The minimum atomic E-state index is -4.00. The molecule has 1 aliphatic rings. The molecule has 29 heavy (non-hydrogen) atoms. The second-order valence-electron chi connectivity index (χ2n) is 7.23. The number of sulfonamides is 1. The number of carbonyl (C=O) groups excluding carboxylic acids is 1. The van der Waals surface area contributed by atoms with E-state index in [1.165, 1.54) is 18.2 Å². The highest BCUT2D eigenvalue weighted by atomic mass is 35.5. The lowest BCUT2D eigenvalue weighted by atomic mass is 10.1. The Morgan fingerprint density at radius 2 is 1.86 bits per heavy atom. The number of amides is 1. The van der Waals surface area contributed by atoms with Crippen LogP contribution in [-0.2, 0) is 16.6 Å². The summed E-state index contributed by atoms with van der Waals surface area (Å²) in [5, 5.41) is 5.17. The number of aromatic nitrogens is 1. The Labute approximate surface area is 175 Å². The largest absolute Gasteiger partial charge is 0.353 e. The van der Waals surface area contributed by atoms with Crippen LogP contribution in [0.15, 0.2) is 41.4 Å². The maximum absolute atomic E-state index is 12.8. The number of hydrogen-bond acceptors (Lipinski definition) is 6. The molecule has 1 aromatic heterocycles. The number of benzene rings is 1. The van der Waals surface area contributed by atoms with Gasteiger partial charge in [0.2, 0.25) is 10.0 Å². The van der Waals surface area contributed by atoms with Gasteiger partial charge in [0.25, 0.3) is 5.91 Å². The standard InChI is InChI=1S/C19H24ClN5O3S/c1-23(2)13-14-3-6-18(22-12-14)24-7-9-25(10-8-24)19(26)15-4-5-16(20)17(11-15)29(21,27)28/h3-6,11-12H,7-10,13H2,1-2H3,(H2,21,27,28). The molecule has 8 nitrogen and oxygen atoms in total. The van der Waals surface area contributed by atoms with Crippen LogP contribution >= 0.6 is 11.6 Å². The molecule has 2 aromatic rings. The molecule has 3 rings (SSSR count). The van der Waals surface area contributed by atoms with E-state index in [0.717, 1.165) is 17.9 Å². The molecule has 2 N–H and O–H groups in total. The van der Waals surface area contributed by atoms with E-state index in [1.54, 1.807) is 4.90 Å². The number of pyridine rings is 1. The fourth-order valence-electron chi connectivity index (χ4n) is 3.24. The van der Waals surface area contributed by atoms with Crippen LogP contribution in [0.3, 0.4) is 0 Å². The summed E-state index contributed by atoms with van der Waals surface area (Å²) >= 11 is 5.90. The molecule has 1 aromatic carbocycles. The topological polar surface area (TPSA) is 99.8 Å². The van der Waals surface area contributed by atoms with Crippen molar-refractivity contribution >= 4 is 33.3 Å². The third-order valence-corrected chi connectivity index (χ3v) is 6.08. The van der Waals surface area contributed by atoms with Crippen LogP contribution in [0.4, 0.5) is 5.82 Å².